The van der Waals surface area contributed by atoms with Crippen molar-refractivity contribution in [3.05, 3.63) is 29.8 Å². The van der Waals surface area contributed by atoms with Crippen LogP contribution in [0.5, 0.6) is 0 Å². The Kier molecular flexibility index (Phi) is 11.3. The van der Waals surface area contributed by atoms with E-state index in [1.807, 2.05) is 38.1 Å². The van der Waals surface area contributed by atoms with Gasteiger partial charge in [0.05, 0.1) is 12.6 Å². The molecule has 7 heteroatoms. The molecule has 1 aromatic rings. The zero-order valence-electron chi connectivity index (χ0n) is 15.7. The van der Waals surface area contributed by atoms with Gasteiger partial charge in [-0.1, -0.05) is 19.1 Å². The monoisotopic (exact) mass is 474 g/mol. The average Bonchev–Trinajstić information content (AvgIpc) is 3.11. The number of nitrogens with one attached hydrogen (secondary N) is 3. The number of anilines is 1. The van der Waals surface area contributed by atoms with Crippen molar-refractivity contribution in [1.82, 2.24) is 10.6 Å². The molecule has 1 aliphatic rings. The third-order valence-electron chi connectivity index (χ3n) is 3.97. The lowest BCUT2D eigenvalue weighted by Gasteiger charge is -2.15. The van der Waals surface area contributed by atoms with Gasteiger partial charge in [-0.2, -0.15) is 0 Å². The topological polar surface area (TPSA) is 74.8 Å². The van der Waals surface area contributed by atoms with Crippen LogP contribution in [0.3, 0.4) is 0 Å². The van der Waals surface area contributed by atoms with Gasteiger partial charge in [0, 0.05) is 31.8 Å². The molecule has 1 heterocycles. The fourth-order valence-electron chi connectivity index (χ4n) is 2.73. The van der Waals surface area contributed by atoms with Gasteiger partial charge >= 0.3 is 0 Å². The predicted molar refractivity (Wildman–Crippen MR) is 117 cm³/mol. The van der Waals surface area contributed by atoms with Gasteiger partial charge in [0.25, 0.3) is 0 Å². The minimum Gasteiger partial charge on any atom is -0.376 e. The van der Waals surface area contributed by atoms with Gasteiger partial charge in [-0.25, -0.2) is 4.99 Å². The van der Waals surface area contributed by atoms with Crippen molar-refractivity contribution in [2.45, 2.75) is 52.2 Å². The number of carbonyl (C=O) groups is 1. The van der Waals surface area contributed by atoms with Crippen molar-refractivity contribution in [3.8, 4) is 0 Å². The van der Waals surface area contributed by atoms with Crippen molar-refractivity contribution < 1.29 is 9.53 Å². The van der Waals surface area contributed by atoms with Crippen LogP contribution in [0.15, 0.2) is 29.3 Å². The van der Waals surface area contributed by atoms with Crippen LogP contribution >= 0.6 is 24.0 Å². The molecular weight excluding hydrogens is 443 g/mol. The Morgan fingerprint density at radius 1 is 1.31 bits per heavy atom. The lowest BCUT2D eigenvalue weighted by atomic mass is 10.2. The molecule has 1 unspecified atom stereocenters. The Morgan fingerprint density at radius 2 is 2.15 bits per heavy atom. The molecule has 1 amide bonds. The number of halogens is 1. The van der Waals surface area contributed by atoms with Gasteiger partial charge in [-0.3, -0.25) is 4.79 Å². The maximum absolute atomic E-state index is 11.7. The maximum Gasteiger partial charge on any atom is 0.224 e. The summed E-state index contributed by atoms with van der Waals surface area (Å²) in [7, 11) is 0. The molecular formula is C19H31IN4O2. The average molecular weight is 474 g/mol. The number of nitrogens with zero attached hydrogens (tertiary/aromatic N) is 1. The van der Waals surface area contributed by atoms with Crippen molar-refractivity contribution in [2.24, 2.45) is 4.99 Å². The Morgan fingerprint density at radius 3 is 2.85 bits per heavy atom. The summed E-state index contributed by atoms with van der Waals surface area (Å²) in [4.78, 5) is 16.3. The maximum atomic E-state index is 11.7. The van der Waals surface area contributed by atoms with Gasteiger partial charge in [0.15, 0.2) is 5.96 Å². The number of rotatable bonds is 8. The number of benzene rings is 1. The number of guanidine groups is 1. The molecule has 26 heavy (non-hydrogen) atoms. The summed E-state index contributed by atoms with van der Waals surface area (Å²) < 4.78 is 5.63. The van der Waals surface area contributed by atoms with Crippen LogP contribution < -0.4 is 16.0 Å². The van der Waals surface area contributed by atoms with Crippen LogP contribution in [0.2, 0.25) is 0 Å². The van der Waals surface area contributed by atoms with E-state index < -0.39 is 0 Å². The summed E-state index contributed by atoms with van der Waals surface area (Å²) >= 11 is 0. The molecule has 0 spiro atoms. The van der Waals surface area contributed by atoms with E-state index in [4.69, 9.17) is 4.74 Å². The second-order valence-electron chi connectivity index (χ2n) is 6.21. The summed E-state index contributed by atoms with van der Waals surface area (Å²) in [6.07, 6.45) is 3.90. The molecule has 0 bridgehead atoms. The van der Waals surface area contributed by atoms with Gasteiger partial charge in [-0.15, -0.1) is 24.0 Å². The lowest BCUT2D eigenvalue weighted by Crippen LogP contribution is -2.41. The number of aliphatic imine (C=N–C) groups is 1. The van der Waals surface area contributed by atoms with Gasteiger partial charge in [-0.05, 0) is 43.9 Å². The van der Waals surface area contributed by atoms with Crippen molar-refractivity contribution >= 4 is 41.5 Å². The van der Waals surface area contributed by atoms with Gasteiger partial charge in [0.1, 0.15) is 0 Å². The molecule has 0 radical (unpaired) electrons. The van der Waals surface area contributed by atoms with Crippen molar-refractivity contribution in [2.75, 3.05) is 25.0 Å². The van der Waals surface area contributed by atoms with E-state index in [2.05, 4.69) is 20.9 Å². The Hall–Kier alpha value is -1.35. The normalized spacial score (nSPS) is 16.7. The van der Waals surface area contributed by atoms with Crippen LogP contribution in [0.4, 0.5) is 5.69 Å². The smallest absolute Gasteiger partial charge is 0.224 e. The molecule has 2 rings (SSSR count). The molecule has 1 aromatic carbocycles. The van der Waals surface area contributed by atoms with Gasteiger partial charge < -0.3 is 20.7 Å². The fourth-order valence-corrected chi connectivity index (χ4v) is 2.73. The van der Waals surface area contributed by atoms with Crippen molar-refractivity contribution in [1.29, 1.82) is 0 Å². The second kappa shape index (κ2) is 12.9. The van der Waals surface area contributed by atoms with E-state index in [1.165, 1.54) is 0 Å². The first-order valence-electron chi connectivity index (χ1n) is 9.23. The zero-order chi connectivity index (χ0) is 17.9. The first kappa shape index (κ1) is 22.7. The first-order chi connectivity index (χ1) is 12.2. The van der Waals surface area contributed by atoms with E-state index in [1.54, 1.807) is 0 Å². The molecule has 3 N–H and O–H groups in total. The number of amides is 1. The summed E-state index contributed by atoms with van der Waals surface area (Å²) in [5, 5.41) is 9.52. The molecule has 1 saturated heterocycles. The fraction of sp³-hybridized carbons (Fsp3) is 0.579. The molecule has 0 saturated carbocycles. The van der Waals surface area contributed by atoms with Crippen LogP contribution in [-0.2, 0) is 16.1 Å². The third kappa shape index (κ3) is 8.35. The highest BCUT2D eigenvalue weighted by atomic mass is 127. The third-order valence-corrected chi connectivity index (χ3v) is 3.97. The molecule has 1 fully saturated rings. The zero-order valence-corrected chi connectivity index (χ0v) is 18.0. The minimum atomic E-state index is 0. The lowest BCUT2D eigenvalue weighted by molar-refractivity contribution is -0.116. The number of hydrogen-bond donors (Lipinski definition) is 3. The largest absolute Gasteiger partial charge is 0.376 e. The van der Waals surface area contributed by atoms with Gasteiger partial charge in [0.2, 0.25) is 5.91 Å². The Labute approximate surface area is 173 Å². The SMILES string of the molecule is CCCC(=O)Nc1cccc(CN=C(NCC)NCC2CCCO2)c1.I. The predicted octanol–water partition coefficient (Wildman–Crippen LogP) is 3.28. The molecule has 6 nitrogen and oxygen atoms in total. The standard InChI is InChI=1S/C19H30N4O2.HI/c1-3-7-18(24)23-16-9-5-8-15(12-16)13-21-19(20-4-2)22-14-17-10-6-11-25-17;/h5,8-9,12,17H,3-4,6-7,10-11,13-14H2,1-2H3,(H,23,24)(H2,20,21,22);1H. The van der Waals surface area contributed by atoms with E-state index in [0.717, 1.165) is 56.2 Å². The quantitative estimate of drug-likeness (QED) is 0.307. The summed E-state index contributed by atoms with van der Waals surface area (Å²) in [6.45, 7) is 7.04. The van der Waals surface area contributed by atoms with E-state index >= 15 is 0 Å². The molecule has 1 atom stereocenters. The van der Waals surface area contributed by atoms with Crippen molar-refractivity contribution in [3.63, 3.8) is 0 Å². The molecule has 1 aliphatic heterocycles. The Bertz CT molecular complexity index is 574. The van der Waals surface area contributed by atoms with Crippen LogP contribution in [0.1, 0.15) is 45.1 Å². The summed E-state index contributed by atoms with van der Waals surface area (Å²) in [5.74, 6) is 0.841. The number of hydrogen-bond acceptors (Lipinski definition) is 3. The highest BCUT2D eigenvalue weighted by Gasteiger charge is 2.15. The number of ether oxygens (including phenoxy) is 1. The first-order valence-corrected chi connectivity index (χ1v) is 9.23. The number of carbonyl (C=O) groups excluding carboxylic acids is 1. The highest BCUT2D eigenvalue weighted by Crippen LogP contribution is 2.13. The van der Waals surface area contributed by atoms with E-state index in [9.17, 15) is 4.79 Å². The summed E-state index contributed by atoms with van der Waals surface area (Å²) in [6, 6.07) is 7.84. The molecule has 0 aliphatic carbocycles. The van der Waals surface area contributed by atoms with E-state index in [-0.39, 0.29) is 36.0 Å². The Balaban J connectivity index is 0.00000338. The van der Waals surface area contributed by atoms with Crippen LogP contribution in [-0.4, -0.2) is 37.7 Å². The van der Waals surface area contributed by atoms with Crippen LogP contribution in [0.25, 0.3) is 0 Å². The second-order valence-corrected chi connectivity index (χ2v) is 6.21. The summed E-state index contributed by atoms with van der Waals surface area (Å²) in [5.41, 5.74) is 1.88. The minimum absolute atomic E-state index is 0. The van der Waals surface area contributed by atoms with E-state index in [0.29, 0.717) is 13.0 Å². The van der Waals surface area contributed by atoms with Crippen LogP contribution in [0, 0.1) is 0 Å². The highest BCUT2D eigenvalue weighted by molar-refractivity contribution is 14.0. The molecule has 0 aromatic heterocycles. The molecule has 146 valence electrons.